The van der Waals surface area contributed by atoms with Gasteiger partial charge in [0.05, 0.1) is 6.54 Å². The van der Waals surface area contributed by atoms with Crippen molar-refractivity contribution in [2.75, 3.05) is 5.32 Å². The van der Waals surface area contributed by atoms with E-state index in [1.54, 1.807) is 10.6 Å². The van der Waals surface area contributed by atoms with Gasteiger partial charge >= 0.3 is 0 Å². The molecule has 0 unspecified atom stereocenters. The van der Waals surface area contributed by atoms with Gasteiger partial charge in [0, 0.05) is 17.5 Å². The highest BCUT2D eigenvalue weighted by atomic mass is 16.2. The summed E-state index contributed by atoms with van der Waals surface area (Å²) in [5.41, 5.74) is 2.66. The summed E-state index contributed by atoms with van der Waals surface area (Å²) in [6.07, 6.45) is 0. The Balaban J connectivity index is 1.89. The van der Waals surface area contributed by atoms with E-state index < -0.39 is 5.91 Å². The molecule has 0 fully saturated rings. The maximum atomic E-state index is 12.1. The number of amides is 1. The first-order valence-electron chi connectivity index (χ1n) is 6.50. The van der Waals surface area contributed by atoms with Crippen LogP contribution in [0.2, 0.25) is 0 Å². The number of nitrogens with one attached hydrogen (secondary N) is 1. The van der Waals surface area contributed by atoms with Gasteiger partial charge in [0.1, 0.15) is 0 Å². The van der Waals surface area contributed by atoms with Crippen LogP contribution in [0.15, 0.2) is 12.1 Å². The summed E-state index contributed by atoms with van der Waals surface area (Å²) >= 11 is 0. The topological polar surface area (TPSA) is 103 Å². The van der Waals surface area contributed by atoms with Gasteiger partial charge in [-0.05, 0) is 32.1 Å². The quantitative estimate of drug-likeness (QED) is 0.756. The van der Waals surface area contributed by atoms with Crippen molar-refractivity contribution in [1.29, 1.82) is 0 Å². The number of aryl methyl sites for hydroxylation is 3. The van der Waals surface area contributed by atoms with E-state index in [0.29, 0.717) is 12.2 Å². The van der Waals surface area contributed by atoms with Crippen molar-refractivity contribution in [3.8, 4) is 0 Å². The van der Waals surface area contributed by atoms with Gasteiger partial charge in [-0.1, -0.05) is 5.10 Å². The first kappa shape index (κ1) is 13.2. The summed E-state index contributed by atoms with van der Waals surface area (Å²) in [5.74, 6) is -0.243. The Hall–Kier alpha value is -2.84. The fraction of sp³-hybridized carbons (Fsp3) is 0.333. The maximum Gasteiger partial charge on any atom is 0.278 e. The third-order valence-electron chi connectivity index (χ3n) is 2.93. The van der Waals surface area contributed by atoms with Crippen LogP contribution in [0.1, 0.15) is 28.8 Å². The Morgan fingerprint density at radius 2 is 2.10 bits per heavy atom. The number of carbonyl (C=O) groups is 1. The van der Waals surface area contributed by atoms with Crippen molar-refractivity contribution in [2.45, 2.75) is 27.3 Å². The van der Waals surface area contributed by atoms with Crippen LogP contribution in [0.5, 0.6) is 0 Å². The van der Waals surface area contributed by atoms with Gasteiger partial charge in [-0.3, -0.25) is 10.1 Å². The van der Waals surface area contributed by atoms with Gasteiger partial charge in [-0.25, -0.2) is 9.50 Å². The van der Waals surface area contributed by atoms with Crippen molar-refractivity contribution in [2.24, 2.45) is 0 Å². The van der Waals surface area contributed by atoms with E-state index in [4.69, 9.17) is 0 Å². The molecule has 0 spiro atoms. The van der Waals surface area contributed by atoms with E-state index >= 15 is 0 Å². The average Bonchev–Trinajstić information content (AvgIpc) is 3.04. The molecule has 0 saturated carbocycles. The third kappa shape index (κ3) is 2.45. The number of hydrogen-bond acceptors (Lipinski definition) is 6. The minimum atomic E-state index is -0.395. The molecule has 0 bridgehead atoms. The maximum absolute atomic E-state index is 12.1. The smallest absolute Gasteiger partial charge is 0.278 e. The van der Waals surface area contributed by atoms with Crippen LogP contribution in [-0.2, 0) is 6.54 Å². The van der Waals surface area contributed by atoms with Gasteiger partial charge in [0.25, 0.3) is 11.9 Å². The zero-order valence-electron chi connectivity index (χ0n) is 11.9. The summed E-state index contributed by atoms with van der Waals surface area (Å²) < 4.78 is 1.62. The summed E-state index contributed by atoms with van der Waals surface area (Å²) in [4.78, 5) is 17.9. The second-order valence-corrected chi connectivity index (χ2v) is 4.59. The number of hydrogen-bond donors (Lipinski definition) is 1. The lowest BCUT2D eigenvalue weighted by molar-refractivity contribution is 0.102. The highest BCUT2D eigenvalue weighted by molar-refractivity contribution is 6.02. The van der Waals surface area contributed by atoms with Crippen LogP contribution in [0.3, 0.4) is 0 Å². The molecule has 3 heterocycles. The lowest BCUT2D eigenvalue weighted by Crippen LogP contribution is -2.14. The van der Waals surface area contributed by atoms with E-state index in [2.05, 4.69) is 30.8 Å². The Labute approximate surface area is 120 Å². The number of nitrogens with zero attached hydrogens (tertiary/aromatic N) is 7. The second kappa shape index (κ2) is 4.93. The molecular weight excluding hydrogens is 272 g/mol. The van der Waals surface area contributed by atoms with Gasteiger partial charge in [0.2, 0.25) is 0 Å². The Bertz CT molecular complexity index is 818. The predicted molar refractivity (Wildman–Crippen MR) is 73.9 cm³/mol. The van der Waals surface area contributed by atoms with Crippen LogP contribution in [0, 0.1) is 13.8 Å². The minimum Gasteiger partial charge on any atom is -0.286 e. The monoisotopic (exact) mass is 286 g/mol. The fourth-order valence-corrected chi connectivity index (χ4v) is 1.99. The van der Waals surface area contributed by atoms with Crippen LogP contribution in [0.25, 0.3) is 5.65 Å². The number of carbonyl (C=O) groups excluding carboxylic acids is 1. The molecule has 0 aliphatic rings. The molecule has 108 valence electrons. The molecule has 3 aromatic heterocycles. The average molecular weight is 286 g/mol. The Morgan fingerprint density at radius 3 is 2.81 bits per heavy atom. The lowest BCUT2D eigenvalue weighted by atomic mass is 10.3. The third-order valence-corrected chi connectivity index (χ3v) is 2.93. The molecule has 0 aliphatic carbocycles. The van der Waals surface area contributed by atoms with Gasteiger partial charge < -0.3 is 0 Å². The van der Waals surface area contributed by atoms with Crippen molar-refractivity contribution in [3.63, 3.8) is 0 Å². The fourth-order valence-electron chi connectivity index (χ4n) is 1.99. The number of tetrazole rings is 1. The Kier molecular flexibility index (Phi) is 3.09. The highest BCUT2D eigenvalue weighted by Crippen LogP contribution is 2.10. The highest BCUT2D eigenvalue weighted by Gasteiger charge is 2.15. The van der Waals surface area contributed by atoms with Gasteiger partial charge in [0.15, 0.2) is 11.3 Å². The molecule has 1 N–H and O–H groups in total. The second-order valence-electron chi connectivity index (χ2n) is 4.59. The van der Waals surface area contributed by atoms with Crippen LogP contribution < -0.4 is 5.32 Å². The molecule has 0 aromatic carbocycles. The number of rotatable bonds is 3. The van der Waals surface area contributed by atoms with Gasteiger partial charge in [-0.15, -0.1) is 5.10 Å². The molecule has 0 saturated heterocycles. The molecule has 0 aliphatic heterocycles. The summed E-state index contributed by atoms with van der Waals surface area (Å²) in [6, 6.07) is 3.52. The van der Waals surface area contributed by atoms with E-state index in [-0.39, 0.29) is 11.6 Å². The standard InChI is InChI=1S/C12H14N8O/c1-4-19-17-12(15-18-19)14-11(21)9-6-10-13-7(2)5-8(3)20(10)16-9/h5-6H,4H2,1-3H3,(H,14,17,21). The molecular formula is C12H14N8O. The molecule has 3 aromatic rings. The lowest BCUT2D eigenvalue weighted by Gasteiger charge is -1.99. The molecule has 0 atom stereocenters. The minimum absolute atomic E-state index is 0.153. The molecule has 9 heteroatoms. The Morgan fingerprint density at radius 1 is 1.29 bits per heavy atom. The van der Waals surface area contributed by atoms with Crippen LogP contribution >= 0.6 is 0 Å². The van der Waals surface area contributed by atoms with E-state index in [1.807, 2.05) is 26.8 Å². The molecule has 3 rings (SSSR count). The zero-order chi connectivity index (χ0) is 15.0. The summed E-state index contributed by atoms with van der Waals surface area (Å²) in [6.45, 7) is 6.27. The normalized spacial score (nSPS) is 11.0. The number of anilines is 1. The molecule has 9 nitrogen and oxygen atoms in total. The van der Waals surface area contributed by atoms with Gasteiger partial charge in [-0.2, -0.15) is 9.90 Å². The van der Waals surface area contributed by atoms with Crippen molar-refractivity contribution in [3.05, 3.63) is 29.2 Å². The largest absolute Gasteiger partial charge is 0.286 e. The molecule has 21 heavy (non-hydrogen) atoms. The zero-order valence-corrected chi connectivity index (χ0v) is 11.9. The van der Waals surface area contributed by atoms with Crippen molar-refractivity contribution in [1.82, 2.24) is 34.8 Å². The van der Waals surface area contributed by atoms with E-state index in [1.165, 1.54) is 4.80 Å². The van der Waals surface area contributed by atoms with Crippen molar-refractivity contribution >= 4 is 17.5 Å². The summed E-state index contributed by atoms with van der Waals surface area (Å²) in [5, 5.41) is 18.3. The molecule has 0 radical (unpaired) electrons. The number of fused-ring (bicyclic) bond motifs is 1. The number of aromatic nitrogens is 7. The predicted octanol–water partition coefficient (Wildman–Crippen LogP) is 0.605. The van der Waals surface area contributed by atoms with Crippen LogP contribution in [0.4, 0.5) is 5.95 Å². The van der Waals surface area contributed by atoms with E-state index in [0.717, 1.165) is 11.4 Å². The first-order valence-corrected chi connectivity index (χ1v) is 6.50. The van der Waals surface area contributed by atoms with Crippen LogP contribution in [-0.4, -0.2) is 40.7 Å². The first-order chi connectivity index (χ1) is 10.1. The van der Waals surface area contributed by atoms with E-state index in [9.17, 15) is 4.79 Å². The SMILES string of the molecule is CCn1nnc(NC(=O)c2cc3nc(C)cc(C)n3n2)n1. The summed E-state index contributed by atoms with van der Waals surface area (Å²) in [7, 11) is 0. The molecule has 1 amide bonds. The van der Waals surface area contributed by atoms with Crippen molar-refractivity contribution < 1.29 is 4.79 Å².